The van der Waals surface area contributed by atoms with Crippen LogP contribution in [-0.2, 0) is 14.8 Å². The quantitative estimate of drug-likeness (QED) is 0.711. The number of benzene rings is 1. The molecule has 2 N–H and O–H groups in total. The molecule has 0 atom stereocenters. The third kappa shape index (κ3) is 5.80. The van der Waals surface area contributed by atoms with E-state index in [-0.39, 0.29) is 5.91 Å². The molecule has 1 saturated heterocycles. The number of nitrogens with zero attached hydrogens (tertiary/aromatic N) is 2. The van der Waals surface area contributed by atoms with E-state index in [0.29, 0.717) is 50.5 Å². The van der Waals surface area contributed by atoms with Gasteiger partial charge in [0.05, 0.1) is 4.90 Å². The molecule has 2 rings (SSSR count). The van der Waals surface area contributed by atoms with Crippen LogP contribution in [0.5, 0.6) is 0 Å². The van der Waals surface area contributed by atoms with Crippen LogP contribution in [0.3, 0.4) is 0 Å². The number of unbranched alkanes of at least 4 members (excludes halogenated alkanes) is 3. The van der Waals surface area contributed by atoms with E-state index in [0.717, 1.165) is 25.7 Å². The third-order valence-corrected chi connectivity index (χ3v) is 6.45. The summed E-state index contributed by atoms with van der Waals surface area (Å²) < 4.78 is 26.9. The van der Waals surface area contributed by atoms with Crippen molar-refractivity contribution in [2.24, 2.45) is 5.73 Å². The Bertz CT molecular complexity index is 634. The number of sulfonamides is 1. The highest BCUT2D eigenvalue weighted by Gasteiger charge is 2.27. The van der Waals surface area contributed by atoms with Crippen LogP contribution in [0.2, 0.25) is 0 Å². The zero-order valence-corrected chi connectivity index (χ0v) is 15.6. The fourth-order valence-corrected chi connectivity index (χ4v) is 4.55. The predicted octanol–water partition coefficient (Wildman–Crippen LogP) is 1.82. The largest absolute Gasteiger partial charge is 0.341 e. The van der Waals surface area contributed by atoms with Gasteiger partial charge in [-0.15, -0.1) is 0 Å². The van der Waals surface area contributed by atoms with Crippen molar-refractivity contribution < 1.29 is 13.2 Å². The van der Waals surface area contributed by atoms with E-state index < -0.39 is 10.0 Å². The highest BCUT2D eigenvalue weighted by atomic mass is 32.2. The van der Waals surface area contributed by atoms with Gasteiger partial charge < -0.3 is 10.6 Å². The van der Waals surface area contributed by atoms with Crippen molar-refractivity contribution in [2.75, 3.05) is 32.7 Å². The number of hydrogen-bond donors (Lipinski definition) is 1. The Morgan fingerprint density at radius 1 is 0.960 bits per heavy atom. The molecule has 6 nitrogen and oxygen atoms in total. The van der Waals surface area contributed by atoms with Crippen molar-refractivity contribution in [2.45, 2.75) is 43.4 Å². The zero-order valence-electron chi connectivity index (χ0n) is 14.8. The number of rotatable bonds is 8. The van der Waals surface area contributed by atoms with Gasteiger partial charge in [-0.1, -0.05) is 31.0 Å². The Morgan fingerprint density at radius 3 is 2.40 bits per heavy atom. The molecule has 0 radical (unpaired) electrons. The summed E-state index contributed by atoms with van der Waals surface area (Å²) in [5.41, 5.74) is 5.47. The average molecular weight is 368 g/mol. The molecule has 1 aromatic carbocycles. The van der Waals surface area contributed by atoms with Gasteiger partial charge in [-0.25, -0.2) is 8.42 Å². The van der Waals surface area contributed by atoms with E-state index >= 15 is 0 Å². The summed E-state index contributed by atoms with van der Waals surface area (Å²) in [5, 5.41) is 0. The van der Waals surface area contributed by atoms with Crippen molar-refractivity contribution in [1.29, 1.82) is 0 Å². The maximum atomic E-state index is 12.7. The Labute approximate surface area is 151 Å². The summed E-state index contributed by atoms with van der Waals surface area (Å²) in [7, 11) is -3.48. The number of carbonyl (C=O) groups excluding carboxylic acids is 1. The van der Waals surface area contributed by atoms with Crippen LogP contribution in [0.25, 0.3) is 0 Å². The molecule has 0 unspecified atom stereocenters. The van der Waals surface area contributed by atoms with Gasteiger partial charge in [0.1, 0.15) is 0 Å². The van der Waals surface area contributed by atoms with Crippen LogP contribution in [-0.4, -0.2) is 56.3 Å². The summed E-state index contributed by atoms with van der Waals surface area (Å²) in [6.45, 7) is 2.61. The van der Waals surface area contributed by atoms with Gasteiger partial charge in [0.25, 0.3) is 0 Å². The van der Waals surface area contributed by atoms with Gasteiger partial charge in [-0.2, -0.15) is 4.31 Å². The molecule has 140 valence electrons. The lowest BCUT2D eigenvalue weighted by molar-refractivity contribution is -0.131. The molecule has 1 fully saturated rings. The van der Waals surface area contributed by atoms with Crippen molar-refractivity contribution in [3.05, 3.63) is 30.3 Å². The van der Waals surface area contributed by atoms with Crippen LogP contribution in [0.4, 0.5) is 0 Å². The fourth-order valence-electron chi connectivity index (χ4n) is 3.06. The van der Waals surface area contributed by atoms with Gasteiger partial charge in [0.15, 0.2) is 0 Å². The zero-order chi connectivity index (χ0) is 18.1. The number of amides is 1. The first-order chi connectivity index (χ1) is 12.1. The summed E-state index contributed by atoms with van der Waals surface area (Å²) in [6.07, 6.45) is 5.17. The molecule has 0 aliphatic carbocycles. The Kier molecular flexibility index (Phi) is 7.87. The Morgan fingerprint density at radius 2 is 1.68 bits per heavy atom. The molecule has 0 spiro atoms. The first kappa shape index (κ1) is 19.9. The van der Waals surface area contributed by atoms with Gasteiger partial charge in [-0.3, -0.25) is 4.79 Å². The van der Waals surface area contributed by atoms with Crippen LogP contribution < -0.4 is 5.73 Å². The van der Waals surface area contributed by atoms with Crippen molar-refractivity contribution >= 4 is 15.9 Å². The first-order valence-corrected chi connectivity index (χ1v) is 10.5. The maximum absolute atomic E-state index is 12.7. The van der Waals surface area contributed by atoms with E-state index in [4.69, 9.17) is 5.73 Å². The minimum Gasteiger partial charge on any atom is -0.341 e. The summed E-state index contributed by atoms with van der Waals surface area (Å²) >= 11 is 0. The Hall–Kier alpha value is -1.44. The van der Waals surface area contributed by atoms with Crippen molar-refractivity contribution in [3.63, 3.8) is 0 Å². The van der Waals surface area contributed by atoms with Crippen molar-refractivity contribution in [3.8, 4) is 0 Å². The van der Waals surface area contributed by atoms with Gasteiger partial charge in [0.2, 0.25) is 15.9 Å². The van der Waals surface area contributed by atoms with Crippen LogP contribution in [0, 0.1) is 0 Å². The molecule has 0 aromatic heterocycles. The second kappa shape index (κ2) is 9.89. The highest BCUT2D eigenvalue weighted by Crippen LogP contribution is 2.18. The van der Waals surface area contributed by atoms with Gasteiger partial charge in [-0.05, 0) is 37.9 Å². The lowest BCUT2D eigenvalue weighted by Gasteiger charge is -2.22. The lowest BCUT2D eigenvalue weighted by Crippen LogP contribution is -2.37. The van der Waals surface area contributed by atoms with Crippen molar-refractivity contribution in [1.82, 2.24) is 9.21 Å². The molecule has 0 saturated carbocycles. The van der Waals surface area contributed by atoms with E-state index in [1.807, 2.05) is 4.90 Å². The predicted molar refractivity (Wildman–Crippen MR) is 98.5 cm³/mol. The molecule has 25 heavy (non-hydrogen) atoms. The molecular formula is C18H29N3O3S. The minimum absolute atomic E-state index is 0.131. The molecule has 0 bridgehead atoms. The fraction of sp³-hybridized carbons (Fsp3) is 0.611. The lowest BCUT2D eigenvalue weighted by atomic mass is 10.1. The Balaban J connectivity index is 1.86. The molecule has 1 aliphatic rings. The van der Waals surface area contributed by atoms with Gasteiger partial charge >= 0.3 is 0 Å². The third-order valence-electron chi connectivity index (χ3n) is 4.53. The number of hydrogen-bond acceptors (Lipinski definition) is 4. The first-order valence-electron chi connectivity index (χ1n) is 9.09. The number of carbonyl (C=O) groups is 1. The molecule has 1 aromatic rings. The smallest absolute Gasteiger partial charge is 0.243 e. The maximum Gasteiger partial charge on any atom is 0.243 e. The monoisotopic (exact) mass is 367 g/mol. The average Bonchev–Trinajstić information content (AvgIpc) is 2.89. The molecule has 1 amide bonds. The highest BCUT2D eigenvalue weighted by molar-refractivity contribution is 7.89. The second-order valence-corrected chi connectivity index (χ2v) is 8.34. The number of nitrogens with two attached hydrogens (primary N) is 1. The standard InChI is InChI=1S/C18H29N3O3S/c19-12-7-2-1-6-11-18(22)20-13-8-14-21(16-15-20)25(23,24)17-9-4-3-5-10-17/h3-5,9-10H,1-2,6-8,11-16,19H2. The molecular weight excluding hydrogens is 338 g/mol. The van der Waals surface area contributed by atoms with Crippen LogP contribution in [0.15, 0.2) is 35.2 Å². The summed E-state index contributed by atoms with van der Waals surface area (Å²) in [4.78, 5) is 14.5. The van der Waals surface area contributed by atoms with E-state index in [1.54, 1.807) is 30.3 Å². The van der Waals surface area contributed by atoms with Crippen LogP contribution in [0.1, 0.15) is 38.5 Å². The van der Waals surface area contributed by atoms with Crippen LogP contribution >= 0.6 is 0 Å². The molecule has 7 heteroatoms. The SMILES string of the molecule is NCCCCCCC(=O)N1CCCN(S(=O)(=O)c2ccccc2)CC1. The van der Waals surface area contributed by atoms with E-state index in [9.17, 15) is 13.2 Å². The van der Waals surface area contributed by atoms with Gasteiger partial charge in [0, 0.05) is 32.6 Å². The van der Waals surface area contributed by atoms with E-state index in [2.05, 4.69) is 0 Å². The van der Waals surface area contributed by atoms with E-state index in [1.165, 1.54) is 4.31 Å². The topological polar surface area (TPSA) is 83.7 Å². The second-order valence-electron chi connectivity index (χ2n) is 6.40. The minimum atomic E-state index is -3.48. The summed E-state index contributed by atoms with van der Waals surface area (Å²) in [5.74, 6) is 0.131. The molecule has 1 heterocycles. The normalized spacial score (nSPS) is 16.6. The molecule has 1 aliphatic heterocycles. The summed E-state index contributed by atoms with van der Waals surface area (Å²) in [6, 6.07) is 8.49.